The van der Waals surface area contributed by atoms with Gasteiger partial charge in [-0.25, -0.2) is 8.42 Å². The van der Waals surface area contributed by atoms with Crippen LogP contribution in [0.2, 0.25) is 0 Å². The average molecular weight is 415 g/mol. The van der Waals surface area contributed by atoms with Crippen LogP contribution in [0.3, 0.4) is 0 Å². The van der Waals surface area contributed by atoms with Crippen LogP contribution in [0, 0.1) is 13.8 Å². The minimum Gasteiger partial charge on any atom is -0.381 e. The highest BCUT2D eigenvalue weighted by molar-refractivity contribution is 7.93. The molecule has 1 aromatic heterocycles. The van der Waals surface area contributed by atoms with E-state index in [9.17, 15) is 8.42 Å². The summed E-state index contributed by atoms with van der Waals surface area (Å²) >= 11 is 1.77. The van der Waals surface area contributed by atoms with E-state index in [0.29, 0.717) is 12.2 Å². The molecule has 6 heteroatoms. The Labute approximate surface area is 171 Å². The SMILES string of the molecule is Cc1csc(-c2ccc(NCc3ccc(NS(=O)(=O)C(C)C)cc3)c(C)c2)c1. The van der Waals surface area contributed by atoms with Crippen molar-refractivity contribution in [1.82, 2.24) is 0 Å². The Kier molecular flexibility index (Phi) is 6.10. The normalized spacial score (nSPS) is 11.6. The van der Waals surface area contributed by atoms with Gasteiger partial charge in [0.2, 0.25) is 10.0 Å². The van der Waals surface area contributed by atoms with Crippen LogP contribution in [0.25, 0.3) is 10.4 Å². The minimum atomic E-state index is -3.32. The van der Waals surface area contributed by atoms with E-state index in [1.54, 1.807) is 37.3 Å². The number of aryl methyl sites for hydroxylation is 2. The number of nitrogens with one attached hydrogen (secondary N) is 2. The molecule has 148 valence electrons. The summed E-state index contributed by atoms with van der Waals surface area (Å²) in [4.78, 5) is 1.28. The molecule has 0 atom stereocenters. The number of thiophene rings is 1. The van der Waals surface area contributed by atoms with E-state index in [1.807, 2.05) is 12.1 Å². The Morgan fingerprint density at radius 2 is 1.71 bits per heavy atom. The standard InChI is InChI=1S/C22H26N2O2S2/c1-15(2)28(25,26)24-20-8-5-18(6-9-20)13-23-21-10-7-19(12-17(21)4)22-11-16(3)14-27-22/h5-12,14-15,23-24H,13H2,1-4H3. The summed E-state index contributed by atoms with van der Waals surface area (Å²) in [5.74, 6) is 0. The van der Waals surface area contributed by atoms with E-state index in [0.717, 1.165) is 11.3 Å². The predicted molar refractivity (Wildman–Crippen MR) is 121 cm³/mol. The van der Waals surface area contributed by atoms with Gasteiger partial charge < -0.3 is 5.32 Å². The number of hydrogen-bond donors (Lipinski definition) is 2. The molecular formula is C22H26N2O2S2. The van der Waals surface area contributed by atoms with Gasteiger partial charge in [-0.1, -0.05) is 18.2 Å². The Morgan fingerprint density at radius 1 is 1.00 bits per heavy atom. The van der Waals surface area contributed by atoms with E-state index in [4.69, 9.17) is 0 Å². The smallest absolute Gasteiger partial charge is 0.235 e. The first-order valence-electron chi connectivity index (χ1n) is 9.25. The molecule has 0 fully saturated rings. The summed E-state index contributed by atoms with van der Waals surface area (Å²) in [6.45, 7) is 8.22. The molecule has 0 bridgehead atoms. The molecule has 0 aliphatic carbocycles. The monoisotopic (exact) mass is 414 g/mol. The fourth-order valence-electron chi connectivity index (χ4n) is 2.77. The molecule has 3 aromatic rings. The van der Waals surface area contributed by atoms with Crippen LogP contribution >= 0.6 is 11.3 Å². The van der Waals surface area contributed by atoms with Gasteiger partial charge >= 0.3 is 0 Å². The molecule has 3 rings (SSSR count). The van der Waals surface area contributed by atoms with Gasteiger partial charge in [0.1, 0.15) is 0 Å². The molecule has 0 unspecified atom stereocenters. The van der Waals surface area contributed by atoms with Crippen LogP contribution in [0.1, 0.15) is 30.5 Å². The minimum absolute atomic E-state index is 0.460. The van der Waals surface area contributed by atoms with E-state index < -0.39 is 15.3 Å². The van der Waals surface area contributed by atoms with E-state index in [-0.39, 0.29) is 0 Å². The largest absolute Gasteiger partial charge is 0.381 e. The maximum absolute atomic E-state index is 11.9. The van der Waals surface area contributed by atoms with Gasteiger partial charge in [-0.2, -0.15) is 0 Å². The first-order valence-corrected chi connectivity index (χ1v) is 11.7. The Morgan fingerprint density at radius 3 is 2.29 bits per heavy atom. The van der Waals surface area contributed by atoms with Crippen molar-refractivity contribution in [3.8, 4) is 10.4 Å². The molecule has 2 N–H and O–H groups in total. The third-order valence-electron chi connectivity index (χ3n) is 4.56. The second kappa shape index (κ2) is 8.37. The molecule has 1 heterocycles. The van der Waals surface area contributed by atoms with E-state index in [2.05, 4.69) is 53.5 Å². The molecular weight excluding hydrogens is 388 g/mol. The second-order valence-corrected chi connectivity index (χ2v) is 10.4. The molecule has 0 saturated heterocycles. The fourth-order valence-corrected chi connectivity index (χ4v) is 4.37. The van der Waals surface area contributed by atoms with Crippen molar-refractivity contribution in [3.05, 3.63) is 70.6 Å². The molecule has 4 nitrogen and oxygen atoms in total. The van der Waals surface area contributed by atoms with Crippen molar-refractivity contribution in [1.29, 1.82) is 0 Å². The lowest BCUT2D eigenvalue weighted by Gasteiger charge is -2.13. The first kappa shape index (κ1) is 20.4. The van der Waals surface area contributed by atoms with Crippen LogP contribution in [0.4, 0.5) is 11.4 Å². The van der Waals surface area contributed by atoms with Gasteiger partial charge in [-0.15, -0.1) is 11.3 Å². The number of hydrogen-bond acceptors (Lipinski definition) is 4. The molecule has 0 saturated carbocycles. The quantitative estimate of drug-likeness (QED) is 0.514. The number of benzene rings is 2. The number of rotatable bonds is 7. The van der Waals surface area contributed by atoms with E-state index >= 15 is 0 Å². The van der Waals surface area contributed by atoms with Gasteiger partial charge in [0.05, 0.1) is 5.25 Å². The van der Waals surface area contributed by atoms with Crippen molar-refractivity contribution in [3.63, 3.8) is 0 Å². The van der Waals surface area contributed by atoms with Gasteiger partial charge in [0, 0.05) is 22.8 Å². The zero-order chi connectivity index (χ0) is 20.3. The lowest BCUT2D eigenvalue weighted by molar-refractivity contribution is 0.593. The molecule has 0 amide bonds. The molecule has 2 aromatic carbocycles. The Balaban J connectivity index is 1.64. The third-order valence-corrected chi connectivity index (χ3v) is 7.42. The first-order chi connectivity index (χ1) is 13.2. The lowest BCUT2D eigenvalue weighted by Crippen LogP contribution is -2.22. The van der Waals surface area contributed by atoms with Crippen molar-refractivity contribution < 1.29 is 8.42 Å². The van der Waals surface area contributed by atoms with Gasteiger partial charge in [0.15, 0.2) is 0 Å². The summed E-state index contributed by atoms with van der Waals surface area (Å²) in [6.07, 6.45) is 0. The van der Waals surface area contributed by atoms with Crippen molar-refractivity contribution in [2.24, 2.45) is 0 Å². The zero-order valence-corrected chi connectivity index (χ0v) is 18.2. The topological polar surface area (TPSA) is 58.2 Å². The maximum Gasteiger partial charge on any atom is 0.235 e. The number of anilines is 2. The fraction of sp³-hybridized carbons (Fsp3) is 0.273. The molecule has 0 radical (unpaired) electrons. The summed E-state index contributed by atoms with van der Waals surface area (Å²) in [5.41, 5.74) is 6.50. The van der Waals surface area contributed by atoms with Crippen LogP contribution in [-0.4, -0.2) is 13.7 Å². The highest BCUT2D eigenvalue weighted by Crippen LogP contribution is 2.30. The summed E-state index contributed by atoms with van der Waals surface area (Å²) in [5, 5.41) is 5.17. The van der Waals surface area contributed by atoms with Crippen molar-refractivity contribution >= 4 is 32.7 Å². The zero-order valence-electron chi connectivity index (χ0n) is 16.6. The lowest BCUT2D eigenvalue weighted by atomic mass is 10.1. The van der Waals surface area contributed by atoms with Gasteiger partial charge in [0.25, 0.3) is 0 Å². The Bertz CT molecular complexity index is 1050. The van der Waals surface area contributed by atoms with Crippen LogP contribution in [0.15, 0.2) is 53.9 Å². The summed E-state index contributed by atoms with van der Waals surface area (Å²) in [7, 11) is -3.32. The predicted octanol–water partition coefficient (Wildman–Crippen LogP) is 5.79. The van der Waals surface area contributed by atoms with E-state index in [1.165, 1.54) is 21.6 Å². The van der Waals surface area contributed by atoms with Gasteiger partial charge in [-0.05, 0) is 85.7 Å². The highest BCUT2D eigenvalue weighted by Gasteiger charge is 2.15. The summed E-state index contributed by atoms with van der Waals surface area (Å²) < 4.78 is 26.5. The number of sulfonamides is 1. The molecule has 0 aliphatic rings. The Hall–Kier alpha value is -2.31. The third kappa shape index (κ3) is 4.94. The van der Waals surface area contributed by atoms with Crippen molar-refractivity contribution in [2.45, 2.75) is 39.5 Å². The van der Waals surface area contributed by atoms with Crippen molar-refractivity contribution in [2.75, 3.05) is 10.0 Å². The second-order valence-electron chi connectivity index (χ2n) is 7.26. The van der Waals surface area contributed by atoms with Crippen LogP contribution < -0.4 is 10.0 Å². The summed E-state index contributed by atoms with van der Waals surface area (Å²) in [6, 6.07) is 16.1. The van der Waals surface area contributed by atoms with Gasteiger partial charge in [-0.3, -0.25) is 4.72 Å². The maximum atomic E-state index is 11.9. The highest BCUT2D eigenvalue weighted by atomic mass is 32.2. The van der Waals surface area contributed by atoms with Crippen LogP contribution in [-0.2, 0) is 16.6 Å². The molecule has 0 spiro atoms. The molecule has 28 heavy (non-hydrogen) atoms. The van der Waals surface area contributed by atoms with Crippen LogP contribution in [0.5, 0.6) is 0 Å². The average Bonchev–Trinajstić information content (AvgIpc) is 3.08. The molecule has 0 aliphatic heterocycles.